The first-order chi connectivity index (χ1) is 12.3. The van der Waals surface area contributed by atoms with Crippen LogP contribution in [0.5, 0.6) is 0 Å². The molecular weight excluding hydrogens is 375 g/mol. The number of rotatable bonds is 5. The maximum absolute atomic E-state index is 13.0. The lowest BCUT2D eigenvalue weighted by atomic mass is 10.1. The van der Waals surface area contributed by atoms with Gasteiger partial charge in [0.1, 0.15) is 16.1 Å². The topological polar surface area (TPSA) is 57.7 Å². The van der Waals surface area contributed by atoms with E-state index in [1.165, 1.54) is 32.7 Å². The van der Waals surface area contributed by atoms with Crippen LogP contribution in [0.1, 0.15) is 23.3 Å². The van der Waals surface area contributed by atoms with E-state index in [2.05, 4.69) is 0 Å². The first-order valence-electron chi connectivity index (χ1n) is 8.37. The monoisotopic (exact) mass is 396 g/mol. The molecule has 0 aliphatic carbocycles. The minimum absolute atomic E-state index is 0.233. The molecule has 1 fully saturated rings. The van der Waals surface area contributed by atoms with E-state index in [-0.39, 0.29) is 15.9 Å². The fourth-order valence-electron chi connectivity index (χ4n) is 3.14. The molecule has 1 aromatic carbocycles. The first kappa shape index (κ1) is 19.0. The normalized spacial score (nSPS) is 18.2. The van der Waals surface area contributed by atoms with Crippen molar-refractivity contribution in [2.24, 2.45) is 0 Å². The lowest BCUT2D eigenvalue weighted by Gasteiger charge is -2.27. The highest BCUT2D eigenvalue weighted by molar-refractivity contribution is 7.91. The van der Waals surface area contributed by atoms with Gasteiger partial charge in [0.05, 0.1) is 0 Å². The van der Waals surface area contributed by atoms with Gasteiger partial charge < -0.3 is 4.90 Å². The van der Waals surface area contributed by atoms with Crippen molar-refractivity contribution in [3.63, 3.8) is 0 Å². The second kappa shape index (κ2) is 7.46. The fourth-order valence-corrected chi connectivity index (χ4v) is 6.20. The summed E-state index contributed by atoms with van der Waals surface area (Å²) in [6.07, 6.45) is 1.17. The molecule has 0 bridgehead atoms. The molecule has 1 aliphatic heterocycles. The number of halogens is 1. The molecule has 1 aromatic heterocycles. The molecule has 2 heterocycles. The summed E-state index contributed by atoms with van der Waals surface area (Å²) in [4.78, 5) is 15.3. The zero-order chi connectivity index (χ0) is 18.9. The minimum Gasteiger partial charge on any atom is -0.340 e. The summed E-state index contributed by atoms with van der Waals surface area (Å²) < 4.78 is 40.4. The van der Waals surface area contributed by atoms with Crippen molar-refractivity contribution in [1.29, 1.82) is 0 Å². The van der Waals surface area contributed by atoms with Gasteiger partial charge in [-0.25, -0.2) is 12.8 Å². The Balaban J connectivity index is 1.76. The van der Waals surface area contributed by atoms with E-state index in [9.17, 15) is 17.6 Å². The Morgan fingerprint density at radius 3 is 2.58 bits per heavy atom. The lowest BCUT2D eigenvalue weighted by molar-refractivity contribution is -0.133. The van der Waals surface area contributed by atoms with Gasteiger partial charge in [0.2, 0.25) is 5.91 Å². The second-order valence-electron chi connectivity index (χ2n) is 6.46. The number of nitrogens with zero attached hydrogens (tertiary/aromatic N) is 2. The van der Waals surface area contributed by atoms with E-state index in [0.717, 1.165) is 10.4 Å². The molecular formula is C18H21FN2O3S2. The molecule has 26 heavy (non-hydrogen) atoms. The maximum atomic E-state index is 13.0. The smallest absolute Gasteiger partial charge is 0.253 e. The highest BCUT2D eigenvalue weighted by atomic mass is 32.2. The van der Waals surface area contributed by atoms with Crippen molar-refractivity contribution in [1.82, 2.24) is 9.21 Å². The quantitative estimate of drug-likeness (QED) is 0.781. The van der Waals surface area contributed by atoms with Crippen LogP contribution in [0.25, 0.3) is 0 Å². The maximum Gasteiger partial charge on any atom is 0.253 e. The Morgan fingerprint density at radius 2 is 1.96 bits per heavy atom. The van der Waals surface area contributed by atoms with Crippen molar-refractivity contribution in [2.45, 2.75) is 36.6 Å². The third kappa shape index (κ3) is 3.82. The van der Waals surface area contributed by atoms with Gasteiger partial charge >= 0.3 is 0 Å². The molecule has 1 aliphatic rings. The summed E-state index contributed by atoms with van der Waals surface area (Å²) >= 11 is 1.22. The third-order valence-corrected chi connectivity index (χ3v) is 7.85. The van der Waals surface area contributed by atoms with Crippen LogP contribution in [0.2, 0.25) is 0 Å². The van der Waals surface area contributed by atoms with E-state index < -0.39 is 16.1 Å². The van der Waals surface area contributed by atoms with Crippen LogP contribution in [-0.4, -0.2) is 43.2 Å². The molecule has 0 N–H and O–H groups in total. The largest absolute Gasteiger partial charge is 0.340 e. The number of hydrogen-bond donors (Lipinski definition) is 0. The number of hydrogen-bond acceptors (Lipinski definition) is 4. The minimum atomic E-state index is -3.67. The van der Waals surface area contributed by atoms with Crippen LogP contribution in [0.4, 0.5) is 4.39 Å². The number of aryl methyl sites for hydroxylation is 1. The summed E-state index contributed by atoms with van der Waals surface area (Å²) in [7, 11) is -2.03. The highest BCUT2D eigenvalue weighted by Crippen LogP contribution is 2.31. The molecule has 1 saturated heterocycles. The van der Waals surface area contributed by atoms with E-state index in [4.69, 9.17) is 0 Å². The molecule has 0 spiro atoms. The fraction of sp³-hybridized carbons (Fsp3) is 0.389. The Morgan fingerprint density at radius 1 is 1.27 bits per heavy atom. The number of amides is 1. The van der Waals surface area contributed by atoms with Gasteiger partial charge in [0.25, 0.3) is 10.0 Å². The molecule has 1 atom stereocenters. The van der Waals surface area contributed by atoms with Gasteiger partial charge in [0, 0.05) is 25.0 Å². The summed E-state index contributed by atoms with van der Waals surface area (Å²) in [5, 5.41) is 0. The van der Waals surface area contributed by atoms with Crippen molar-refractivity contribution in [3.8, 4) is 0 Å². The van der Waals surface area contributed by atoms with Crippen LogP contribution in [0, 0.1) is 12.7 Å². The van der Waals surface area contributed by atoms with Gasteiger partial charge in [-0.1, -0.05) is 12.1 Å². The molecule has 2 aromatic rings. The number of carbonyl (C=O) groups is 1. The molecule has 3 rings (SSSR count). The highest BCUT2D eigenvalue weighted by Gasteiger charge is 2.41. The van der Waals surface area contributed by atoms with Crippen LogP contribution >= 0.6 is 11.3 Å². The van der Waals surface area contributed by atoms with Gasteiger partial charge in [-0.2, -0.15) is 4.31 Å². The first-order valence-corrected chi connectivity index (χ1v) is 10.6. The molecule has 1 amide bonds. The number of thiophene rings is 1. The number of sulfonamides is 1. The SMILES string of the molecule is Cc1ccc(S(=O)(=O)N2CCCC2C(=O)N(C)Cc2ccc(F)cc2)s1. The average Bonchev–Trinajstić information content (AvgIpc) is 3.25. The van der Waals surface area contributed by atoms with Gasteiger partial charge in [-0.15, -0.1) is 11.3 Å². The molecule has 0 saturated carbocycles. The zero-order valence-corrected chi connectivity index (χ0v) is 16.3. The van der Waals surface area contributed by atoms with Crippen molar-refractivity contribution in [3.05, 3.63) is 52.7 Å². The van der Waals surface area contributed by atoms with E-state index in [0.29, 0.717) is 25.9 Å². The van der Waals surface area contributed by atoms with Crippen LogP contribution in [0.3, 0.4) is 0 Å². The van der Waals surface area contributed by atoms with Crippen LogP contribution in [-0.2, 0) is 21.4 Å². The Hall–Kier alpha value is -1.77. The summed E-state index contributed by atoms with van der Waals surface area (Å²) in [6.45, 7) is 2.51. The average molecular weight is 397 g/mol. The van der Waals surface area contributed by atoms with Gasteiger partial charge in [0.15, 0.2) is 0 Å². The summed E-state index contributed by atoms with van der Waals surface area (Å²) in [5.74, 6) is -0.564. The second-order valence-corrected chi connectivity index (χ2v) is 9.86. The predicted octanol–water partition coefficient (Wildman–Crippen LogP) is 3.01. The Kier molecular flexibility index (Phi) is 5.45. The molecule has 140 valence electrons. The summed E-state index contributed by atoms with van der Waals surface area (Å²) in [6, 6.07) is 8.61. The van der Waals surface area contributed by atoms with Gasteiger partial charge in [-0.3, -0.25) is 4.79 Å². The van der Waals surface area contributed by atoms with Gasteiger partial charge in [-0.05, 0) is 49.6 Å². The van der Waals surface area contributed by atoms with Crippen molar-refractivity contribution in [2.75, 3.05) is 13.6 Å². The molecule has 5 nitrogen and oxygen atoms in total. The predicted molar refractivity (Wildman–Crippen MR) is 98.8 cm³/mol. The molecule has 8 heteroatoms. The number of carbonyl (C=O) groups excluding carboxylic acids is 1. The number of likely N-dealkylation sites (N-methyl/N-ethyl adjacent to an activating group) is 1. The standard InChI is InChI=1S/C18H21FN2O3S2/c1-13-5-10-17(25-13)26(23,24)21-11-3-4-16(21)18(22)20(2)12-14-6-8-15(19)9-7-14/h5-10,16H,3-4,11-12H2,1-2H3. The van der Waals surface area contributed by atoms with Crippen LogP contribution < -0.4 is 0 Å². The lowest BCUT2D eigenvalue weighted by Crippen LogP contribution is -2.46. The van der Waals surface area contributed by atoms with Crippen LogP contribution in [0.15, 0.2) is 40.6 Å². The van der Waals surface area contributed by atoms with Crippen molar-refractivity contribution >= 4 is 27.3 Å². The Bertz CT molecular complexity index is 893. The zero-order valence-electron chi connectivity index (χ0n) is 14.7. The molecule has 0 radical (unpaired) electrons. The van der Waals surface area contributed by atoms with Crippen molar-refractivity contribution < 1.29 is 17.6 Å². The summed E-state index contributed by atoms with van der Waals surface area (Å²) in [5.41, 5.74) is 0.795. The van der Waals surface area contributed by atoms with E-state index >= 15 is 0 Å². The van der Waals surface area contributed by atoms with E-state index in [1.54, 1.807) is 31.3 Å². The number of benzene rings is 1. The molecule has 1 unspecified atom stereocenters. The Labute approximate surface area is 157 Å². The van der Waals surface area contributed by atoms with E-state index in [1.807, 2.05) is 6.92 Å². The third-order valence-electron chi connectivity index (χ3n) is 4.48.